The quantitative estimate of drug-likeness (QED) is 0.525. The van der Waals surface area contributed by atoms with E-state index in [1.807, 2.05) is 13.0 Å². The van der Waals surface area contributed by atoms with Crippen molar-refractivity contribution in [2.75, 3.05) is 12.3 Å². The Morgan fingerprint density at radius 1 is 1.33 bits per heavy atom. The first kappa shape index (κ1) is 19.4. The van der Waals surface area contributed by atoms with Crippen LogP contribution in [0.2, 0.25) is 5.02 Å². The Hall–Kier alpha value is -3.96. The van der Waals surface area contributed by atoms with Crippen LogP contribution in [0.1, 0.15) is 23.0 Å². The number of pyridine rings is 1. The number of anilines is 1. The van der Waals surface area contributed by atoms with Gasteiger partial charge in [-0.05, 0) is 25.1 Å². The Morgan fingerprint density at radius 2 is 2.17 bits per heavy atom. The summed E-state index contributed by atoms with van der Waals surface area (Å²) >= 11 is 6.45. The lowest BCUT2D eigenvalue weighted by molar-refractivity contribution is 0.0951. The lowest BCUT2D eigenvalue weighted by atomic mass is 9.99. The zero-order chi connectivity index (χ0) is 21.3. The molecular weight excluding hydrogens is 402 g/mol. The van der Waals surface area contributed by atoms with E-state index >= 15 is 0 Å². The SMILES string of the molecule is CCNC(=O)c1cn2c(N)nc(-c3cccc(C#N)c3)c(-c3ccncc3Cl)c2n1. The highest BCUT2D eigenvalue weighted by molar-refractivity contribution is 6.33. The van der Waals surface area contributed by atoms with Gasteiger partial charge in [-0.15, -0.1) is 0 Å². The van der Waals surface area contributed by atoms with Gasteiger partial charge in [-0.25, -0.2) is 9.97 Å². The second-order valence-corrected chi connectivity index (χ2v) is 6.83. The van der Waals surface area contributed by atoms with Crippen molar-refractivity contribution < 1.29 is 4.79 Å². The minimum absolute atomic E-state index is 0.152. The topological polar surface area (TPSA) is 122 Å². The van der Waals surface area contributed by atoms with Crippen LogP contribution >= 0.6 is 11.6 Å². The van der Waals surface area contributed by atoms with Gasteiger partial charge in [0.15, 0.2) is 5.65 Å². The molecule has 0 saturated heterocycles. The summed E-state index contributed by atoms with van der Waals surface area (Å²) in [6.45, 7) is 2.29. The van der Waals surface area contributed by atoms with Gasteiger partial charge in [0.1, 0.15) is 5.69 Å². The summed E-state index contributed by atoms with van der Waals surface area (Å²) < 4.78 is 1.55. The summed E-state index contributed by atoms with van der Waals surface area (Å²) in [4.78, 5) is 25.5. The van der Waals surface area contributed by atoms with E-state index in [-0.39, 0.29) is 17.5 Å². The summed E-state index contributed by atoms with van der Waals surface area (Å²) in [5, 5.41) is 12.4. The maximum Gasteiger partial charge on any atom is 0.271 e. The highest BCUT2D eigenvalue weighted by atomic mass is 35.5. The zero-order valence-electron chi connectivity index (χ0n) is 15.9. The van der Waals surface area contributed by atoms with Crippen molar-refractivity contribution in [3.8, 4) is 28.5 Å². The molecule has 0 unspecified atom stereocenters. The van der Waals surface area contributed by atoms with Crippen LogP contribution in [0, 0.1) is 11.3 Å². The van der Waals surface area contributed by atoms with Crippen LogP contribution in [0.4, 0.5) is 5.95 Å². The molecule has 0 radical (unpaired) electrons. The van der Waals surface area contributed by atoms with Crippen molar-refractivity contribution >= 4 is 29.1 Å². The van der Waals surface area contributed by atoms with Crippen LogP contribution in [0.25, 0.3) is 28.0 Å². The van der Waals surface area contributed by atoms with Crippen molar-refractivity contribution in [1.82, 2.24) is 24.7 Å². The van der Waals surface area contributed by atoms with E-state index < -0.39 is 0 Å². The molecule has 0 fully saturated rings. The molecule has 9 heteroatoms. The van der Waals surface area contributed by atoms with Gasteiger partial charge in [-0.3, -0.25) is 14.2 Å². The van der Waals surface area contributed by atoms with Crippen LogP contribution < -0.4 is 11.1 Å². The average molecular weight is 418 g/mol. The number of hydrogen-bond acceptors (Lipinski definition) is 6. The van der Waals surface area contributed by atoms with E-state index in [9.17, 15) is 10.1 Å². The molecule has 3 aromatic heterocycles. The van der Waals surface area contributed by atoms with E-state index in [1.54, 1.807) is 34.9 Å². The lowest BCUT2D eigenvalue weighted by Crippen LogP contribution is -2.22. The molecule has 8 nitrogen and oxygen atoms in total. The Balaban J connectivity index is 2.08. The predicted molar refractivity (Wildman–Crippen MR) is 114 cm³/mol. The Bertz CT molecular complexity index is 1320. The first-order valence-electron chi connectivity index (χ1n) is 9.10. The van der Waals surface area contributed by atoms with Crippen LogP contribution in [0.15, 0.2) is 48.9 Å². The van der Waals surface area contributed by atoms with Crippen LogP contribution in [0.3, 0.4) is 0 Å². The van der Waals surface area contributed by atoms with Gasteiger partial charge in [0, 0.05) is 36.3 Å². The minimum atomic E-state index is -0.319. The third-order valence-electron chi connectivity index (χ3n) is 4.52. The molecule has 3 heterocycles. The van der Waals surface area contributed by atoms with Gasteiger partial charge in [-0.2, -0.15) is 5.26 Å². The van der Waals surface area contributed by atoms with E-state index in [1.165, 1.54) is 12.4 Å². The normalized spacial score (nSPS) is 10.7. The number of amides is 1. The van der Waals surface area contributed by atoms with Gasteiger partial charge in [0.25, 0.3) is 5.91 Å². The fourth-order valence-electron chi connectivity index (χ4n) is 3.19. The van der Waals surface area contributed by atoms with Crippen LogP contribution in [0.5, 0.6) is 0 Å². The van der Waals surface area contributed by atoms with Crippen molar-refractivity contribution in [3.63, 3.8) is 0 Å². The number of fused-ring (bicyclic) bond motifs is 1. The third-order valence-corrected chi connectivity index (χ3v) is 4.82. The summed E-state index contributed by atoms with van der Waals surface area (Å²) in [5.74, 6) is -0.167. The van der Waals surface area contributed by atoms with Gasteiger partial charge in [-0.1, -0.05) is 23.7 Å². The number of nitrogens with two attached hydrogens (primary N) is 1. The molecule has 0 aliphatic heterocycles. The van der Waals surface area contributed by atoms with Crippen molar-refractivity contribution in [2.45, 2.75) is 6.92 Å². The second kappa shape index (κ2) is 7.81. The smallest absolute Gasteiger partial charge is 0.271 e. The number of carbonyl (C=O) groups excluding carboxylic acids is 1. The molecule has 0 bridgehead atoms. The highest BCUT2D eigenvalue weighted by Crippen LogP contribution is 2.38. The highest BCUT2D eigenvalue weighted by Gasteiger charge is 2.22. The number of imidazole rings is 1. The Labute approximate surface area is 177 Å². The molecule has 148 valence electrons. The van der Waals surface area contributed by atoms with Crippen molar-refractivity contribution in [1.29, 1.82) is 5.26 Å². The Kier molecular flexibility index (Phi) is 5.04. The zero-order valence-corrected chi connectivity index (χ0v) is 16.7. The summed E-state index contributed by atoms with van der Waals surface area (Å²) in [7, 11) is 0. The van der Waals surface area contributed by atoms with Crippen molar-refractivity contribution in [3.05, 3.63) is 65.2 Å². The summed E-state index contributed by atoms with van der Waals surface area (Å²) in [6, 6.07) is 10.9. The first-order chi connectivity index (χ1) is 14.5. The number of aromatic nitrogens is 4. The molecule has 4 rings (SSSR count). The van der Waals surface area contributed by atoms with E-state index in [0.29, 0.717) is 45.2 Å². The molecule has 0 spiro atoms. The standard InChI is InChI=1S/C21H16ClN7O/c1-2-26-20(30)16-11-29-19(27-16)17(14-6-7-25-10-15(14)22)18(28-21(29)24)13-5-3-4-12(8-13)9-23/h3-8,10-11H,2H2,1H3,(H2,24,28)(H,26,30). The number of benzene rings is 1. The molecule has 1 amide bonds. The van der Waals surface area contributed by atoms with E-state index in [0.717, 1.165) is 0 Å². The number of nitrogens with one attached hydrogen (secondary N) is 1. The molecular formula is C21H16ClN7O. The lowest BCUT2D eigenvalue weighted by Gasteiger charge is -2.13. The number of nitriles is 1. The van der Waals surface area contributed by atoms with Gasteiger partial charge in [0.05, 0.1) is 27.9 Å². The molecule has 0 atom stereocenters. The fourth-order valence-corrected chi connectivity index (χ4v) is 3.41. The predicted octanol–water partition coefficient (Wildman–Crippen LogP) is 3.32. The fraction of sp³-hybridized carbons (Fsp3) is 0.0952. The molecule has 1 aromatic carbocycles. The number of rotatable bonds is 4. The number of nitrogens with zero attached hydrogens (tertiary/aromatic N) is 5. The summed E-state index contributed by atoms with van der Waals surface area (Å²) in [6.07, 6.45) is 4.67. The van der Waals surface area contributed by atoms with Crippen molar-refractivity contribution in [2.24, 2.45) is 0 Å². The van der Waals surface area contributed by atoms with Gasteiger partial charge >= 0.3 is 0 Å². The molecule has 0 saturated carbocycles. The minimum Gasteiger partial charge on any atom is -0.369 e. The van der Waals surface area contributed by atoms with Crippen LogP contribution in [-0.4, -0.2) is 31.8 Å². The maximum absolute atomic E-state index is 12.4. The monoisotopic (exact) mass is 417 g/mol. The molecule has 0 aliphatic carbocycles. The van der Waals surface area contributed by atoms with E-state index in [4.69, 9.17) is 17.3 Å². The number of halogens is 1. The Morgan fingerprint density at radius 3 is 2.90 bits per heavy atom. The van der Waals surface area contributed by atoms with Gasteiger partial charge < -0.3 is 11.1 Å². The van der Waals surface area contributed by atoms with Crippen LogP contribution in [-0.2, 0) is 0 Å². The third kappa shape index (κ3) is 3.32. The average Bonchev–Trinajstić information content (AvgIpc) is 3.21. The number of hydrogen-bond donors (Lipinski definition) is 2. The molecule has 4 aromatic rings. The second-order valence-electron chi connectivity index (χ2n) is 6.42. The number of nitrogen functional groups attached to an aromatic ring is 1. The molecule has 0 aliphatic rings. The van der Waals surface area contributed by atoms with Gasteiger partial charge in [0.2, 0.25) is 5.95 Å². The van der Waals surface area contributed by atoms with E-state index in [2.05, 4.69) is 26.3 Å². The maximum atomic E-state index is 12.4. The largest absolute Gasteiger partial charge is 0.369 e. The first-order valence-corrected chi connectivity index (χ1v) is 9.48. The molecule has 30 heavy (non-hydrogen) atoms. The summed E-state index contributed by atoms with van der Waals surface area (Å²) in [5.41, 5.74) is 9.71. The molecule has 3 N–H and O–H groups in total. The number of carbonyl (C=O) groups is 1.